The lowest BCUT2D eigenvalue weighted by molar-refractivity contribution is -0.137. The topological polar surface area (TPSA) is 49.4 Å². The summed E-state index contributed by atoms with van der Waals surface area (Å²) in [5, 5.41) is 2.73. The molecule has 0 unspecified atom stereocenters. The van der Waals surface area contributed by atoms with Gasteiger partial charge in [0.25, 0.3) is 0 Å². The third kappa shape index (κ3) is 3.10. The van der Waals surface area contributed by atoms with E-state index < -0.39 is 11.4 Å². The second-order valence-corrected chi connectivity index (χ2v) is 5.81. The summed E-state index contributed by atoms with van der Waals surface area (Å²) in [6.45, 7) is 3.89. The van der Waals surface area contributed by atoms with E-state index in [-0.39, 0.29) is 29.8 Å². The fourth-order valence-electron chi connectivity index (χ4n) is 2.21. The van der Waals surface area contributed by atoms with Crippen LogP contribution in [0, 0.1) is 5.82 Å². The maximum absolute atomic E-state index is 13.4. The van der Waals surface area contributed by atoms with Crippen LogP contribution in [0.3, 0.4) is 0 Å². The minimum absolute atomic E-state index is 0.0492. The highest BCUT2D eigenvalue weighted by Gasteiger charge is 2.36. The minimum atomic E-state index is -0.946. The van der Waals surface area contributed by atoms with Gasteiger partial charge in [0.05, 0.1) is 5.02 Å². The van der Waals surface area contributed by atoms with Crippen LogP contribution in [0.1, 0.15) is 25.8 Å². The summed E-state index contributed by atoms with van der Waals surface area (Å²) in [5.41, 5.74) is -0.302. The molecule has 2 rings (SSSR count). The van der Waals surface area contributed by atoms with Crippen molar-refractivity contribution < 1.29 is 14.0 Å². The Balaban J connectivity index is 2.20. The van der Waals surface area contributed by atoms with E-state index >= 15 is 0 Å². The Morgan fingerprint density at radius 1 is 1.40 bits per heavy atom. The molecular weight excluding hydrogens is 283 g/mol. The number of nitrogens with zero attached hydrogens (tertiary/aromatic N) is 1. The molecule has 0 aromatic heterocycles. The molecule has 0 saturated carbocycles. The van der Waals surface area contributed by atoms with Crippen molar-refractivity contribution in [1.82, 2.24) is 10.2 Å². The first-order chi connectivity index (χ1) is 9.29. The van der Waals surface area contributed by atoms with Crippen molar-refractivity contribution in [3.63, 3.8) is 0 Å². The number of carbonyl (C=O) groups is 2. The highest BCUT2D eigenvalue weighted by Crippen LogP contribution is 2.19. The van der Waals surface area contributed by atoms with E-state index in [2.05, 4.69) is 5.32 Å². The molecule has 1 heterocycles. The van der Waals surface area contributed by atoms with Crippen LogP contribution in [0.4, 0.5) is 4.39 Å². The fraction of sp³-hybridized carbons (Fsp3) is 0.429. The zero-order chi connectivity index (χ0) is 14.9. The number of carbonyl (C=O) groups excluding carboxylic acids is 2. The smallest absolute Gasteiger partial charge is 0.248 e. The number of halogens is 2. The van der Waals surface area contributed by atoms with Crippen LogP contribution in [0.2, 0.25) is 5.02 Å². The first-order valence-corrected chi connectivity index (χ1v) is 6.72. The largest absolute Gasteiger partial charge is 0.342 e. The normalized spacial score (nSPS) is 18.7. The number of hydrogen-bond donors (Lipinski definition) is 1. The highest BCUT2D eigenvalue weighted by atomic mass is 35.5. The van der Waals surface area contributed by atoms with E-state index in [9.17, 15) is 14.0 Å². The summed E-state index contributed by atoms with van der Waals surface area (Å²) < 4.78 is 13.4. The van der Waals surface area contributed by atoms with Gasteiger partial charge in [-0.25, -0.2) is 4.39 Å². The van der Waals surface area contributed by atoms with E-state index in [4.69, 9.17) is 11.6 Å². The van der Waals surface area contributed by atoms with Gasteiger partial charge in [0.1, 0.15) is 11.4 Å². The number of rotatable bonds is 2. The molecule has 0 spiro atoms. The van der Waals surface area contributed by atoms with Gasteiger partial charge in [-0.15, -0.1) is 0 Å². The Labute approximate surface area is 121 Å². The zero-order valence-electron chi connectivity index (χ0n) is 11.4. The molecule has 2 amide bonds. The van der Waals surface area contributed by atoms with Crippen molar-refractivity contribution in [2.45, 2.75) is 32.4 Å². The molecule has 0 atom stereocenters. The Kier molecular flexibility index (Phi) is 3.99. The van der Waals surface area contributed by atoms with Gasteiger partial charge in [-0.05, 0) is 31.5 Å². The van der Waals surface area contributed by atoms with Gasteiger partial charge < -0.3 is 10.2 Å². The van der Waals surface area contributed by atoms with Crippen LogP contribution in [-0.2, 0) is 16.1 Å². The maximum Gasteiger partial charge on any atom is 0.248 e. The molecular formula is C14H16ClFN2O2. The van der Waals surface area contributed by atoms with Crippen LogP contribution in [0.25, 0.3) is 0 Å². The Morgan fingerprint density at radius 3 is 2.75 bits per heavy atom. The summed E-state index contributed by atoms with van der Waals surface area (Å²) in [7, 11) is 0. The van der Waals surface area contributed by atoms with E-state index in [1.165, 1.54) is 12.1 Å². The number of hydrogen-bond acceptors (Lipinski definition) is 2. The van der Waals surface area contributed by atoms with Crippen molar-refractivity contribution in [3.8, 4) is 0 Å². The zero-order valence-corrected chi connectivity index (χ0v) is 12.1. The Morgan fingerprint density at radius 2 is 2.10 bits per heavy atom. The van der Waals surface area contributed by atoms with Crippen molar-refractivity contribution in [3.05, 3.63) is 34.6 Å². The third-order valence-corrected chi connectivity index (χ3v) is 3.55. The van der Waals surface area contributed by atoms with E-state index in [0.717, 1.165) is 0 Å². The molecule has 1 aliphatic heterocycles. The van der Waals surface area contributed by atoms with E-state index in [1.807, 2.05) is 0 Å². The standard InChI is InChI=1S/C14H16ClFN2O2/c1-14(2)13(20)18(6-5-12(19)17-14)8-9-3-4-10(15)11(16)7-9/h3-4,7H,5-6,8H2,1-2H3,(H,17,19). The monoisotopic (exact) mass is 298 g/mol. The summed E-state index contributed by atoms with van der Waals surface area (Å²) in [6, 6.07) is 4.44. The van der Waals surface area contributed by atoms with E-state index in [0.29, 0.717) is 12.1 Å². The molecule has 20 heavy (non-hydrogen) atoms. The second-order valence-electron chi connectivity index (χ2n) is 5.40. The molecule has 1 saturated heterocycles. The van der Waals surface area contributed by atoms with Crippen LogP contribution < -0.4 is 5.32 Å². The number of amides is 2. The first-order valence-electron chi connectivity index (χ1n) is 6.34. The average Bonchev–Trinajstić information content (AvgIpc) is 2.45. The van der Waals surface area contributed by atoms with Gasteiger partial charge in [-0.2, -0.15) is 0 Å². The van der Waals surface area contributed by atoms with Crippen LogP contribution in [0.15, 0.2) is 18.2 Å². The molecule has 0 bridgehead atoms. The number of nitrogens with one attached hydrogen (secondary N) is 1. The van der Waals surface area contributed by atoms with Gasteiger partial charge in [0, 0.05) is 19.5 Å². The van der Waals surface area contributed by atoms with Gasteiger partial charge >= 0.3 is 0 Å². The molecule has 1 N–H and O–H groups in total. The predicted octanol–water partition coefficient (Wildman–Crippen LogP) is 2.11. The number of benzene rings is 1. The Bertz CT molecular complexity index is 560. The van der Waals surface area contributed by atoms with Crippen molar-refractivity contribution in [2.75, 3.05) is 6.54 Å². The van der Waals surface area contributed by atoms with E-state index in [1.54, 1.807) is 24.8 Å². The lowest BCUT2D eigenvalue weighted by Gasteiger charge is -2.28. The maximum atomic E-state index is 13.4. The van der Waals surface area contributed by atoms with Gasteiger partial charge in [-0.3, -0.25) is 9.59 Å². The van der Waals surface area contributed by atoms with Crippen LogP contribution >= 0.6 is 11.6 Å². The van der Waals surface area contributed by atoms with Crippen LogP contribution in [0.5, 0.6) is 0 Å². The van der Waals surface area contributed by atoms with Crippen molar-refractivity contribution in [2.24, 2.45) is 0 Å². The van der Waals surface area contributed by atoms with Crippen molar-refractivity contribution in [1.29, 1.82) is 0 Å². The van der Waals surface area contributed by atoms with Gasteiger partial charge in [-0.1, -0.05) is 17.7 Å². The molecule has 6 heteroatoms. The van der Waals surface area contributed by atoms with Gasteiger partial charge in [0.15, 0.2) is 0 Å². The quantitative estimate of drug-likeness (QED) is 0.909. The molecule has 108 valence electrons. The lowest BCUT2D eigenvalue weighted by Crippen LogP contribution is -2.52. The summed E-state index contributed by atoms with van der Waals surface area (Å²) >= 11 is 5.63. The average molecular weight is 299 g/mol. The first kappa shape index (κ1) is 14.8. The fourth-order valence-corrected chi connectivity index (χ4v) is 2.32. The summed E-state index contributed by atoms with van der Waals surface area (Å²) in [6.07, 6.45) is 0.241. The highest BCUT2D eigenvalue weighted by molar-refractivity contribution is 6.30. The molecule has 1 aromatic carbocycles. The molecule has 1 aliphatic rings. The third-order valence-electron chi connectivity index (χ3n) is 3.24. The predicted molar refractivity (Wildman–Crippen MR) is 73.7 cm³/mol. The summed E-state index contributed by atoms with van der Waals surface area (Å²) in [5.74, 6) is -0.855. The summed E-state index contributed by atoms with van der Waals surface area (Å²) in [4.78, 5) is 25.5. The molecule has 1 fully saturated rings. The minimum Gasteiger partial charge on any atom is -0.342 e. The Hall–Kier alpha value is -1.62. The molecule has 1 aromatic rings. The molecule has 0 aliphatic carbocycles. The van der Waals surface area contributed by atoms with Crippen molar-refractivity contribution >= 4 is 23.4 Å². The SMILES string of the molecule is CC1(C)NC(=O)CCN(Cc2ccc(Cl)c(F)c2)C1=O. The van der Waals surface area contributed by atoms with Crippen LogP contribution in [-0.4, -0.2) is 28.8 Å². The lowest BCUT2D eigenvalue weighted by atomic mass is 10.0. The van der Waals surface area contributed by atoms with Gasteiger partial charge in [0.2, 0.25) is 11.8 Å². The molecule has 4 nitrogen and oxygen atoms in total. The second kappa shape index (κ2) is 5.40. The molecule has 0 radical (unpaired) electrons.